The number of carbonyl (C=O) groups excluding carboxylic acids is 1. The maximum atomic E-state index is 12.9. The number of piperazine rings is 1. The zero-order valence-electron chi connectivity index (χ0n) is 19.4. The fraction of sp³-hybridized carbons (Fsp3) is 0.522. The second-order valence-electron chi connectivity index (χ2n) is 9.54. The number of hydrogen-bond acceptors (Lipinski definition) is 6. The van der Waals surface area contributed by atoms with Crippen molar-refractivity contribution in [1.82, 2.24) is 14.9 Å². The minimum atomic E-state index is -4.61. The van der Waals surface area contributed by atoms with Gasteiger partial charge in [-0.3, -0.25) is 0 Å². The van der Waals surface area contributed by atoms with Crippen LogP contribution in [0.5, 0.6) is 0 Å². The van der Waals surface area contributed by atoms with E-state index in [9.17, 15) is 18.0 Å². The maximum Gasteiger partial charge on any atom is 0.420 e. The molecule has 2 fully saturated rings. The third kappa shape index (κ3) is 5.01. The fourth-order valence-corrected chi connectivity index (χ4v) is 4.67. The number of amides is 1. The lowest BCUT2D eigenvalue weighted by atomic mass is 10.1. The molecule has 2 saturated heterocycles. The average molecular weight is 498 g/mol. The van der Waals surface area contributed by atoms with Gasteiger partial charge in [0.1, 0.15) is 16.3 Å². The molecule has 11 heteroatoms. The summed E-state index contributed by atoms with van der Waals surface area (Å²) in [6, 6.07) is 6.17. The number of rotatable bonds is 4. The van der Waals surface area contributed by atoms with Gasteiger partial charge in [-0.25, -0.2) is 14.8 Å². The molecule has 3 heterocycles. The molecule has 34 heavy (non-hydrogen) atoms. The predicted octanol–water partition coefficient (Wildman–Crippen LogP) is 5.65. The minimum absolute atomic E-state index is 0.00585. The number of likely N-dealkylation sites (tertiary alicyclic amines) is 1. The zero-order valence-corrected chi connectivity index (χ0v) is 20.2. The van der Waals surface area contributed by atoms with E-state index in [0.29, 0.717) is 24.8 Å². The molecule has 2 aromatic rings. The SMILES string of the molecule is CCc1cc(N2C[C@@H]3C[C@H]2CN3C(=O)OC(C)(C)C)ccc1Nc1ncc(C(F)(F)F)c(Cl)n1. The van der Waals surface area contributed by atoms with Crippen LogP contribution < -0.4 is 10.2 Å². The van der Waals surface area contributed by atoms with E-state index in [1.54, 1.807) is 0 Å². The Balaban J connectivity index is 1.47. The number of aryl methyl sites for hydroxylation is 1. The summed E-state index contributed by atoms with van der Waals surface area (Å²) in [6.45, 7) is 8.90. The topological polar surface area (TPSA) is 70.6 Å². The van der Waals surface area contributed by atoms with Gasteiger partial charge >= 0.3 is 12.3 Å². The number of alkyl halides is 3. The van der Waals surface area contributed by atoms with Crippen LogP contribution in [0.1, 0.15) is 45.2 Å². The standard InChI is InChI=1S/C23H27ClF3N5O2/c1-5-13-8-14(31-11-16-9-15(31)12-32(16)21(33)34-22(2,3)4)6-7-18(13)29-20-28-10-17(19(24)30-20)23(25,26)27/h6-8,10,15-16H,5,9,11-12H2,1-4H3,(H,28,29,30)/t15-,16-/m0/s1. The molecule has 0 saturated carbocycles. The van der Waals surface area contributed by atoms with Gasteiger partial charge in [0.15, 0.2) is 0 Å². The Morgan fingerprint density at radius 1 is 1.24 bits per heavy atom. The highest BCUT2D eigenvalue weighted by atomic mass is 35.5. The van der Waals surface area contributed by atoms with Crippen molar-refractivity contribution < 1.29 is 22.7 Å². The first-order valence-electron chi connectivity index (χ1n) is 11.1. The first-order valence-corrected chi connectivity index (χ1v) is 11.5. The van der Waals surface area contributed by atoms with Crippen LogP contribution in [0.25, 0.3) is 0 Å². The largest absolute Gasteiger partial charge is 0.444 e. The lowest BCUT2D eigenvalue weighted by Gasteiger charge is -2.36. The van der Waals surface area contributed by atoms with E-state index in [1.807, 2.05) is 50.8 Å². The van der Waals surface area contributed by atoms with E-state index < -0.39 is 22.5 Å². The Bertz CT molecular complexity index is 1090. The third-order valence-corrected chi connectivity index (χ3v) is 6.25. The van der Waals surface area contributed by atoms with Crippen LogP contribution in [0.3, 0.4) is 0 Å². The van der Waals surface area contributed by atoms with Crippen LogP contribution in [0.4, 0.5) is 35.3 Å². The quantitative estimate of drug-likeness (QED) is 0.550. The van der Waals surface area contributed by atoms with Crippen molar-refractivity contribution in [2.24, 2.45) is 0 Å². The Kier molecular flexibility index (Phi) is 6.30. The number of fused-ring (bicyclic) bond motifs is 2. The summed E-state index contributed by atoms with van der Waals surface area (Å²) >= 11 is 5.72. The summed E-state index contributed by atoms with van der Waals surface area (Å²) in [5.41, 5.74) is 1.09. The van der Waals surface area contributed by atoms with Crippen molar-refractivity contribution in [3.63, 3.8) is 0 Å². The van der Waals surface area contributed by atoms with Gasteiger partial charge in [-0.2, -0.15) is 13.2 Å². The number of nitrogens with zero attached hydrogens (tertiary/aromatic N) is 4. The fourth-order valence-electron chi connectivity index (χ4n) is 4.43. The van der Waals surface area contributed by atoms with Gasteiger partial charge < -0.3 is 19.9 Å². The lowest BCUT2D eigenvalue weighted by molar-refractivity contribution is -0.137. The monoisotopic (exact) mass is 497 g/mol. The summed E-state index contributed by atoms with van der Waals surface area (Å²) in [6.07, 6.45) is -2.63. The molecule has 1 amide bonds. The second kappa shape index (κ2) is 8.79. The highest BCUT2D eigenvalue weighted by molar-refractivity contribution is 6.30. The van der Waals surface area contributed by atoms with Gasteiger partial charge in [-0.05, 0) is 57.4 Å². The zero-order chi connectivity index (χ0) is 24.8. The molecular weight excluding hydrogens is 471 g/mol. The molecule has 0 spiro atoms. The third-order valence-electron chi connectivity index (χ3n) is 5.96. The Labute approximate surface area is 201 Å². The first kappa shape index (κ1) is 24.4. The number of carbonyl (C=O) groups is 1. The predicted molar refractivity (Wildman–Crippen MR) is 124 cm³/mol. The summed E-state index contributed by atoms with van der Waals surface area (Å²) in [5, 5.41) is 2.33. The van der Waals surface area contributed by atoms with E-state index in [2.05, 4.69) is 20.2 Å². The number of benzene rings is 1. The molecule has 1 aromatic carbocycles. The van der Waals surface area contributed by atoms with E-state index in [-0.39, 0.29) is 24.1 Å². The molecule has 184 valence electrons. The van der Waals surface area contributed by atoms with Crippen molar-refractivity contribution in [1.29, 1.82) is 0 Å². The molecule has 7 nitrogen and oxygen atoms in total. The number of nitrogens with one attached hydrogen (secondary N) is 1. The van der Waals surface area contributed by atoms with E-state index in [4.69, 9.17) is 16.3 Å². The molecule has 0 aliphatic carbocycles. The van der Waals surface area contributed by atoms with E-state index in [0.717, 1.165) is 24.2 Å². The summed E-state index contributed by atoms with van der Waals surface area (Å²) in [4.78, 5) is 24.1. The van der Waals surface area contributed by atoms with E-state index in [1.165, 1.54) is 0 Å². The number of aromatic nitrogens is 2. The van der Waals surface area contributed by atoms with Gasteiger partial charge in [0, 0.05) is 36.7 Å². The highest BCUT2D eigenvalue weighted by Gasteiger charge is 2.46. The lowest BCUT2D eigenvalue weighted by Crippen LogP contribution is -2.50. The Morgan fingerprint density at radius 2 is 1.97 bits per heavy atom. The summed E-state index contributed by atoms with van der Waals surface area (Å²) < 4.78 is 44.2. The molecule has 2 aliphatic heterocycles. The van der Waals surface area contributed by atoms with Gasteiger partial charge in [0.05, 0.1) is 6.04 Å². The normalized spacial score (nSPS) is 20.1. The minimum Gasteiger partial charge on any atom is -0.444 e. The second-order valence-corrected chi connectivity index (χ2v) is 9.90. The van der Waals surface area contributed by atoms with Gasteiger partial charge in [-0.1, -0.05) is 18.5 Å². The van der Waals surface area contributed by atoms with Gasteiger partial charge in [-0.15, -0.1) is 0 Å². The van der Waals surface area contributed by atoms with Crippen LogP contribution in [-0.2, 0) is 17.3 Å². The number of anilines is 3. The number of hydrogen-bond donors (Lipinski definition) is 1. The van der Waals surface area contributed by atoms with Crippen LogP contribution in [0, 0.1) is 0 Å². The van der Waals surface area contributed by atoms with Crippen LogP contribution in [-0.4, -0.2) is 51.7 Å². The van der Waals surface area contributed by atoms with E-state index >= 15 is 0 Å². The van der Waals surface area contributed by atoms with Gasteiger partial charge in [0.2, 0.25) is 5.95 Å². The Hall–Kier alpha value is -2.75. The van der Waals surface area contributed by atoms with Crippen LogP contribution >= 0.6 is 11.6 Å². The van der Waals surface area contributed by atoms with Crippen molar-refractivity contribution in [2.45, 2.75) is 64.4 Å². The van der Waals surface area contributed by atoms with Crippen LogP contribution in [0.2, 0.25) is 5.15 Å². The maximum absolute atomic E-state index is 12.9. The van der Waals surface area contributed by atoms with Crippen molar-refractivity contribution >= 4 is 35.0 Å². The van der Waals surface area contributed by atoms with Crippen molar-refractivity contribution in [3.8, 4) is 0 Å². The number of ether oxygens (including phenoxy) is 1. The highest BCUT2D eigenvalue weighted by Crippen LogP contribution is 2.37. The molecule has 1 N–H and O–H groups in total. The summed E-state index contributed by atoms with van der Waals surface area (Å²) in [7, 11) is 0. The smallest absolute Gasteiger partial charge is 0.420 e. The number of halogens is 4. The molecule has 2 atom stereocenters. The average Bonchev–Trinajstić information content (AvgIpc) is 3.33. The van der Waals surface area contributed by atoms with Crippen LogP contribution in [0.15, 0.2) is 24.4 Å². The Morgan fingerprint density at radius 3 is 2.53 bits per heavy atom. The molecule has 2 bridgehead atoms. The molecule has 1 aromatic heterocycles. The molecular formula is C23H27ClF3N5O2. The van der Waals surface area contributed by atoms with Gasteiger partial charge in [0.25, 0.3) is 0 Å². The molecule has 0 radical (unpaired) electrons. The van der Waals surface area contributed by atoms with Crippen molar-refractivity contribution in [3.05, 3.63) is 40.7 Å². The molecule has 4 rings (SSSR count). The molecule has 0 unspecified atom stereocenters. The first-order chi connectivity index (χ1) is 15.9. The summed E-state index contributed by atoms with van der Waals surface area (Å²) in [5.74, 6) is -0.00585. The van der Waals surface area contributed by atoms with Crippen molar-refractivity contribution in [2.75, 3.05) is 23.3 Å². The molecule has 2 aliphatic rings.